The average Bonchev–Trinajstić information content (AvgIpc) is 2.96. The maximum absolute atomic E-state index is 14.1. The molecule has 0 heterocycles. The molecular weight excluding hydrogens is 375 g/mol. The van der Waals surface area contributed by atoms with E-state index in [-0.39, 0.29) is 11.1 Å². The van der Waals surface area contributed by atoms with E-state index < -0.39 is 11.7 Å². The number of rotatable bonds is 4. The lowest BCUT2D eigenvalue weighted by Gasteiger charge is -2.17. The fourth-order valence-electron chi connectivity index (χ4n) is 3.52. The molecule has 0 radical (unpaired) electrons. The molecule has 0 fully saturated rings. The smallest absolute Gasteiger partial charge is 0.383 e. The van der Waals surface area contributed by atoms with Crippen molar-refractivity contribution in [2.75, 3.05) is 14.1 Å². The number of allylic oxidation sites excluding steroid dienone is 5. The lowest BCUT2D eigenvalue weighted by molar-refractivity contribution is -0.106. The molecular formula is C24H22F3NO. The van der Waals surface area contributed by atoms with Crippen molar-refractivity contribution >= 4 is 17.4 Å². The van der Waals surface area contributed by atoms with Crippen LogP contribution in [0.3, 0.4) is 0 Å². The molecule has 2 nitrogen and oxygen atoms in total. The third kappa shape index (κ3) is 4.04. The molecule has 0 spiro atoms. The Hall–Kier alpha value is -3.08. The number of aldehydes is 1. The lowest BCUT2D eigenvalue weighted by Crippen LogP contribution is -2.16. The quantitative estimate of drug-likeness (QED) is 0.614. The van der Waals surface area contributed by atoms with Crippen LogP contribution < -0.4 is 0 Å². The van der Waals surface area contributed by atoms with Crippen molar-refractivity contribution in [3.63, 3.8) is 0 Å². The molecule has 150 valence electrons. The Morgan fingerprint density at radius 3 is 1.62 bits per heavy atom. The Kier molecular flexibility index (Phi) is 5.51. The van der Waals surface area contributed by atoms with Gasteiger partial charge in [-0.25, -0.2) is 0 Å². The maximum Gasteiger partial charge on any atom is 0.417 e. The summed E-state index contributed by atoms with van der Waals surface area (Å²) in [6.07, 6.45) is -2.91. The number of aryl methyl sites for hydroxylation is 2. The van der Waals surface area contributed by atoms with E-state index >= 15 is 0 Å². The molecule has 0 unspecified atom stereocenters. The Morgan fingerprint density at radius 2 is 1.24 bits per heavy atom. The SMILES string of the molecule is Cc1ccc(C2=C(c3ccc(C)cc3)/C(=C\N(C)C)C(C(F)(F)F)=C2C=O)cc1. The fourth-order valence-corrected chi connectivity index (χ4v) is 3.52. The second-order valence-electron chi connectivity index (χ2n) is 7.39. The molecule has 2 aromatic carbocycles. The van der Waals surface area contributed by atoms with Crippen LogP contribution in [0.15, 0.2) is 71.5 Å². The highest BCUT2D eigenvalue weighted by atomic mass is 19.4. The summed E-state index contributed by atoms with van der Waals surface area (Å²) >= 11 is 0. The van der Waals surface area contributed by atoms with Crippen LogP contribution in [-0.2, 0) is 4.79 Å². The minimum absolute atomic E-state index is 0.00373. The van der Waals surface area contributed by atoms with E-state index in [1.165, 1.54) is 6.20 Å². The largest absolute Gasteiger partial charge is 0.417 e. The number of hydrogen-bond donors (Lipinski definition) is 0. The Labute approximate surface area is 168 Å². The van der Waals surface area contributed by atoms with E-state index in [0.29, 0.717) is 28.6 Å². The van der Waals surface area contributed by atoms with E-state index in [9.17, 15) is 18.0 Å². The Morgan fingerprint density at radius 1 is 0.793 bits per heavy atom. The molecule has 0 N–H and O–H groups in total. The van der Waals surface area contributed by atoms with Gasteiger partial charge in [-0.2, -0.15) is 13.2 Å². The van der Waals surface area contributed by atoms with Crippen LogP contribution in [0.5, 0.6) is 0 Å². The van der Waals surface area contributed by atoms with Gasteiger partial charge in [-0.3, -0.25) is 4.79 Å². The van der Waals surface area contributed by atoms with Gasteiger partial charge in [0.1, 0.15) is 0 Å². The van der Waals surface area contributed by atoms with Gasteiger partial charge in [0.2, 0.25) is 0 Å². The van der Waals surface area contributed by atoms with Crippen molar-refractivity contribution in [2.45, 2.75) is 20.0 Å². The van der Waals surface area contributed by atoms with Crippen molar-refractivity contribution in [2.24, 2.45) is 0 Å². The van der Waals surface area contributed by atoms with Crippen LogP contribution in [0.25, 0.3) is 11.1 Å². The number of carbonyl (C=O) groups excluding carboxylic acids is 1. The van der Waals surface area contributed by atoms with Gasteiger partial charge in [0.15, 0.2) is 6.29 Å². The molecule has 0 aliphatic heterocycles. The van der Waals surface area contributed by atoms with Gasteiger partial charge in [0, 0.05) is 37.0 Å². The van der Waals surface area contributed by atoms with E-state index in [4.69, 9.17) is 0 Å². The first kappa shape index (κ1) is 20.6. The summed E-state index contributed by atoms with van der Waals surface area (Å²) < 4.78 is 42.3. The molecule has 0 aromatic heterocycles. The van der Waals surface area contributed by atoms with E-state index in [1.807, 2.05) is 38.1 Å². The second kappa shape index (κ2) is 7.74. The predicted molar refractivity (Wildman–Crippen MR) is 110 cm³/mol. The van der Waals surface area contributed by atoms with Crippen LogP contribution in [0, 0.1) is 13.8 Å². The lowest BCUT2D eigenvalue weighted by atomic mass is 9.91. The van der Waals surface area contributed by atoms with Crippen molar-refractivity contribution < 1.29 is 18.0 Å². The zero-order chi connectivity index (χ0) is 21.3. The Balaban J connectivity index is 2.43. The molecule has 0 saturated carbocycles. The summed E-state index contributed by atoms with van der Waals surface area (Å²) in [7, 11) is 3.33. The van der Waals surface area contributed by atoms with Gasteiger partial charge in [-0.1, -0.05) is 59.7 Å². The molecule has 29 heavy (non-hydrogen) atoms. The number of hydrogen-bond acceptors (Lipinski definition) is 2. The van der Waals surface area contributed by atoms with Crippen molar-refractivity contribution in [3.8, 4) is 0 Å². The van der Waals surface area contributed by atoms with Gasteiger partial charge in [0.25, 0.3) is 0 Å². The summed E-state index contributed by atoms with van der Waals surface area (Å²) in [5.41, 5.74) is 2.71. The van der Waals surface area contributed by atoms with E-state index in [0.717, 1.165) is 11.1 Å². The number of alkyl halides is 3. The summed E-state index contributed by atoms with van der Waals surface area (Å²) in [5.74, 6) is 0. The third-order valence-electron chi connectivity index (χ3n) is 4.80. The summed E-state index contributed by atoms with van der Waals surface area (Å²) in [6, 6.07) is 14.5. The van der Waals surface area contributed by atoms with Gasteiger partial charge >= 0.3 is 6.18 Å². The van der Waals surface area contributed by atoms with Crippen LogP contribution in [-0.4, -0.2) is 31.5 Å². The fraction of sp³-hybridized carbons (Fsp3) is 0.208. The highest BCUT2D eigenvalue weighted by molar-refractivity contribution is 6.19. The van der Waals surface area contributed by atoms with Gasteiger partial charge < -0.3 is 4.90 Å². The molecule has 2 aromatic rings. The van der Waals surface area contributed by atoms with Crippen molar-refractivity contribution in [3.05, 3.63) is 93.7 Å². The van der Waals surface area contributed by atoms with Crippen LogP contribution in [0.4, 0.5) is 13.2 Å². The highest BCUT2D eigenvalue weighted by Gasteiger charge is 2.45. The molecule has 1 aliphatic rings. The molecule has 0 amide bonds. The number of halogens is 3. The van der Waals surface area contributed by atoms with Crippen LogP contribution >= 0.6 is 0 Å². The van der Waals surface area contributed by atoms with Crippen molar-refractivity contribution in [1.29, 1.82) is 0 Å². The second-order valence-corrected chi connectivity index (χ2v) is 7.39. The molecule has 5 heteroatoms. The van der Waals surface area contributed by atoms with Gasteiger partial charge in [0.05, 0.1) is 5.57 Å². The van der Waals surface area contributed by atoms with Crippen LogP contribution in [0.1, 0.15) is 22.3 Å². The zero-order valence-electron chi connectivity index (χ0n) is 16.8. The topological polar surface area (TPSA) is 20.3 Å². The number of carbonyl (C=O) groups is 1. The molecule has 0 atom stereocenters. The Bertz CT molecular complexity index is 1020. The first-order valence-corrected chi connectivity index (χ1v) is 9.18. The zero-order valence-corrected chi connectivity index (χ0v) is 16.8. The number of benzene rings is 2. The third-order valence-corrected chi connectivity index (χ3v) is 4.80. The normalized spacial score (nSPS) is 16.0. The minimum Gasteiger partial charge on any atom is -0.383 e. The van der Waals surface area contributed by atoms with Crippen LogP contribution in [0.2, 0.25) is 0 Å². The molecule has 0 bridgehead atoms. The predicted octanol–water partition coefficient (Wildman–Crippen LogP) is 5.73. The van der Waals surface area contributed by atoms with Gasteiger partial charge in [-0.15, -0.1) is 0 Å². The minimum atomic E-state index is -4.67. The average molecular weight is 397 g/mol. The summed E-state index contributed by atoms with van der Waals surface area (Å²) in [6.45, 7) is 3.82. The number of nitrogens with zero attached hydrogens (tertiary/aromatic N) is 1. The first-order chi connectivity index (χ1) is 13.6. The van der Waals surface area contributed by atoms with Gasteiger partial charge in [-0.05, 0) is 30.5 Å². The summed E-state index contributed by atoms with van der Waals surface area (Å²) in [4.78, 5) is 13.5. The van der Waals surface area contributed by atoms with E-state index in [1.54, 1.807) is 43.3 Å². The highest BCUT2D eigenvalue weighted by Crippen LogP contribution is 2.51. The molecule has 1 aliphatic carbocycles. The van der Waals surface area contributed by atoms with Crippen molar-refractivity contribution in [1.82, 2.24) is 4.90 Å². The standard InChI is InChI=1S/C24H22F3NO/c1-15-5-9-17(10-6-15)21-19(13-28(3)4)23(24(25,26)27)20(14-29)22(21)18-11-7-16(2)8-12-18/h5-14H,1-4H3/b19-13+. The first-order valence-electron chi connectivity index (χ1n) is 9.18. The van der Waals surface area contributed by atoms with E-state index in [2.05, 4.69) is 0 Å². The molecule has 3 rings (SSSR count). The summed E-state index contributed by atoms with van der Waals surface area (Å²) in [5, 5.41) is 0. The maximum atomic E-state index is 14.1. The molecule has 0 saturated heterocycles. The monoisotopic (exact) mass is 397 g/mol.